The summed E-state index contributed by atoms with van der Waals surface area (Å²) in [6, 6.07) is 9.15. The lowest BCUT2D eigenvalue weighted by Gasteiger charge is -2.23. The van der Waals surface area contributed by atoms with E-state index in [1.165, 1.54) is 11.1 Å². The number of nitrogens with zero attached hydrogens (tertiary/aromatic N) is 2. The van der Waals surface area contributed by atoms with Gasteiger partial charge in [-0.3, -0.25) is 4.98 Å². The maximum atomic E-state index is 4.33. The first-order chi connectivity index (χ1) is 9.74. The number of thioether (sulfide) groups is 1. The Bertz CT molecular complexity index is 513. The number of aromatic nitrogens is 2. The number of benzene rings is 1. The Morgan fingerprint density at radius 2 is 1.95 bits per heavy atom. The van der Waals surface area contributed by atoms with E-state index in [1.54, 1.807) is 24.2 Å². The Balaban J connectivity index is 2.10. The maximum absolute atomic E-state index is 4.33. The molecule has 1 aromatic carbocycles. The van der Waals surface area contributed by atoms with Crippen molar-refractivity contribution in [3.63, 3.8) is 0 Å². The molecule has 1 aromatic heterocycles. The van der Waals surface area contributed by atoms with E-state index in [1.807, 2.05) is 13.2 Å². The number of aryl methyl sites for hydroxylation is 1. The van der Waals surface area contributed by atoms with Crippen LogP contribution < -0.4 is 5.32 Å². The molecule has 0 fully saturated rings. The molecule has 0 aliphatic rings. The molecule has 2 atom stereocenters. The van der Waals surface area contributed by atoms with E-state index in [9.17, 15) is 0 Å². The molecule has 2 unspecified atom stereocenters. The van der Waals surface area contributed by atoms with Crippen molar-refractivity contribution in [2.45, 2.75) is 36.6 Å². The Kier molecular flexibility index (Phi) is 5.56. The van der Waals surface area contributed by atoms with Gasteiger partial charge in [0.05, 0.1) is 6.20 Å². The molecule has 1 N–H and O–H groups in total. The van der Waals surface area contributed by atoms with Crippen LogP contribution in [0.4, 0.5) is 0 Å². The summed E-state index contributed by atoms with van der Waals surface area (Å²) < 4.78 is 0. The van der Waals surface area contributed by atoms with Gasteiger partial charge in [0.2, 0.25) is 0 Å². The minimum Gasteiger partial charge on any atom is -0.312 e. The normalized spacial score (nSPS) is 13.9. The molecule has 0 amide bonds. The van der Waals surface area contributed by atoms with E-state index in [-0.39, 0.29) is 0 Å². The second-order valence-corrected chi connectivity index (χ2v) is 6.13. The monoisotopic (exact) mass is 287 g/mol. The van der Waals surface area contributed by atoms with Crippen molar-refractivity contribution < 1.29 is 0 Å². The molecule has 0 radical (unpaired) electrons. The topological polar surface area (TPSA) is 37.8 Å². The summed E-state index contributed by atoms with van der Waals surface area (Å²) in [4.78, 5) is 8.44. The fraction of sp³-hybridized carbons (Fsp3) is 0.375. The average Bonchev–Trinajstić information content (AvgIpc) is 2.49. The van der Waals surface area contributed by atoms with Crippen molar-refractivity contribution in [2.75, 3.05) is 7.05 Å². The number of hydrogen-bond acceptors (Lipinski definition) is 4. The molecule has 20 heavy (non-hydrogen) atoms. The number of hydrogen-bond donors (Lipinski definition) is 1. The first-order valence-corrected chi connectivity index (χ1v) is 7.81. The molecular weight excluding hydrogens is 266 g/mol. The summed E-state index contributed by atoms with van der Waals surface area (Å²) in [6.45, 7) is 4.39. The summed E-state index contributed by atoms with van der Waals surface area (Å²) in [5.74, 6) is 0. The minimum absolute atomic E-state index is 0.299. The second kappa shape index (κ2) is 7.41. The van der Waals surface area contributed by atoms with Crippen molar-refractivity contribution in [1.82, 2.24) is 15.3 Å². The highest BCUT2D eigenvalue weighted by Crippen LogP contribution is 2.30. The fourth-order valence-electron chi connectivity index (χ4n) is 2.24. The maximum Gasteiger partial charge on any atom is 0.115 e. The van der Waals surface area contributed by atoms with E-state index in [0.29, 0.717) is 11.3 Å². The van der Waals surface area contributed by atoms with Crippen molar-refractivity contribution in [3.8, 4) is 0 Å². The molecule has 0 aliphatic heterocycles. The molecule has 4 heteroatoms. The smallest absolute Gasteiger partial charge is 0.115 e. The minimum atomic E-state index is 0.299. The molecule has 0 aliphatic carbocycles. The van der Waals surface area contributed by atoms with Gasteiger partial charge in [-0.25, -0.2) is 4.98 Å². The largest absolute Gasteiger partial charge is 0.312 e. The van der Waals surface area contributed by atoms with Gasteiger partial charge < -0.3 is 5.32 Å². The zero-order chi connectivity index (χ0) is 14.4. The lowest BCUT2D eigenvalue weighted by molar-refractivity contribution is 0.588. The summed E-state index contributed by atoms with van der Waals surface area (Å²) in [7, 11) is 2.01. The van der Waals surface area contributed by atoms with Crippen LogP contribution >= 0.6 is 11.8 Å². The lowest BCUT2D eigenvalue weighted by Crippen LogP contribution is -2.25. The molecule has 2 aromatic rings. The third kappa shape index (κ3) is 3.81. The Morgan fingerprint density at radius 3 is 2.50 bits per heavy atom. The summed E-state index contributed by atoms with van der Waals surface area (Å²) >= 11 is 1.74. The molecule has 1 heterocycles. The number of rotatable bonds is 6. The van der Waals surface area contributed by atoms with Gasteiger partial charge in [0, 0.05) is 23.7 Å². The predicted octanol–water partition coefficient (Wildman–Crippen LogP) is 3.48. The van der Waals surface area contributed by atoms with Crippen molar-refractivity contribution in [3.05, 3.63) is 54.0 Å². The first-order valence-electron chi connectivity index (χ1n) is 6.93. The van der Waals surface area contributed by atoms with Crippen molar-refractivity contribution in [2.24, 2.45) is 0 Å². The van der Waals surface area contributed by atoms with Gasteiger partial charge in [-0.15, -0.1) is 0 Å². The molecule has 0 spiro atoms. The van der Waals surface area contributed by atoms with Gasteiger partial charge in [0.15, 0.2) is 0 Å². The molecular formula is C16H21N3S. The summed E-state index contributed by atoms with van der Waals surface area (Å²) in [5, 5.41) is 4.75. The van der Waals surface area contributed by atoms with Crippen LogP contribution in [0.3, 0.4) is 0 Å². The predicted molar refractivity (Wildman–Crippen MR) is 85.0 cm³/mol. The quantitative estimate of drug-likeness (QED) is 0.825. The van der Waals surface area contributed by atoms with Gasteiger partial charge in [0.1, 0.15) is 5.03 Å². The van der Waals surface area contributed by atoms with Gasteiger partial charge in [-0.2, -0.15) is 0 Å². The van der Waals surface area contributed by atoms with Gasteiger partial charge in [-0.05, 0) is 24.6 Å². The van der Waals surface area contributed by atoms with E-state index >= 15 is 0 Å². The van der Waals surface area contributed by atoms with Crippen LogP contribution in [-0.2, 0) is 6.42 Å². The molecule has 0 saturated carbocycles. The lowest BCUT2D eigenvalue weighted by atomic mass is 10.0. The van der Waals surface area contributed by atoms with E-state index < -0.39 is 0 Å². The second-order valence-electron chi connectivity index (χ2n) is 4.73. The summed E-state index contributed by atoms with van der Waals surface area (Å²) in [6.07, 6.45) is 6.33. The van der Waals surface area contributed by atoms with Gasteiger partial charge in [0.25, 0.3) is 0 Å². The standard InChI is InChI=1S/C16H21N3S/c1-4-13-5-7-14(8-6-13)16(17-3)12(2)20-15-11-18-9-10-19-15/h5-12,16-17H,4H2,1-3H3. The van der Waals surface area contributed by atoms with Gasteiger partial charge >= 0.3 is 0 Å². The highest BCUT2D eigenvalue weighted by atomic mass is 32.2. The van der Waals surface area contributed by atoms with E-state index in [0.717, 1.165) is 11.4 Å². The van der Waals surface area contributed by atoms with Crippen molar-refractivity contribution >= 4 is 11.8 Å². The number of nitrogens with one attached hydrogen (secondary N) is 1. The highest BCUT2D eigenvalue weighted by molar-refractivity contribution is 7.99. The molecule has 106 valence electrons. The van der Waals surface area contributed by atoms with Crippen LogP contribution in [0, 0.1) is 0 Å². The third-order valence-electron chi connectivity index (χ3n) is 3.37. The Labute approximate surface area is 125 Å². The van der Waals surface area contributed by atoms with Gasteiger partial charge in [-0.1, -0.05) is 49.9 Å². The van der Waals surface area contributed by atoms with Crippen LogP contribution in [-0.4, -0.2) is 22.3 Å². The van der Waals surface area contributed by atoms with Crippen LogP contribution in [0.15, 0.2) is 47.9 Å². The summed E-state index contributed by atoms with van der Waals surface area (Å²) in [5.41, 5.74) is 2.69. The SMILES string of the molecule is CCc1ccc(C(NC)C(C)Sc2cnccn2)cc1. The zero-order valence-corrected chi connectivity index (χ0v) is 13.0. The molecule has 2 rings (SSSR count). The van der Waals surface area contributed by atoms with E-state index in [2.05, 4.69) is 53.4 Å². The molecule has 0 saturated heterocycles. The van der Waals surface area contributed by atoms with Crippen LogP contribution in [0.5, 0.6) is 0 Å². The first kappa shape index (κ1) is 15.0. The average molecular weight is 287 g/mol. The Morgan fingerprint density at radius 1 is 1.20 bits per heavy atom. The van der Waals surface area contributed by atoms with Crippen LogP contribution in [0.2, 0.25) is 0 Å². The van der Waals surface area contributed by atoms with E-state index in [4.69, 9.17) is 0 Å². The Hall–Kier alpha value is -1.39. The highest BCUT2D eigenvalue weighted by Gasteiger charge is 2.19. The third-order valence-corrected chi connectivity index (χ3v) is 4.47. The van der Waals surface area contributed by atoms with Crippen LogP contribution in [0.1, 0.15) is 31.0 Å². The molecule has 3 nitrogen and oxygen atoms in total. The molecule has 0 bridgehead atoms. The zero-order valence-electron chi connectivity index (χ0n) is 12.2. The van der Waals surface area contributed by atoms with Crippen molar-refractivity contribution in [1.29, 1.82) is 0 Å². The van der Waals surface area contributed by atoms with Crippen LogP contribution in [0.25, 0.3) is 0 Å². The fourth-order valence-corrected chi connectivity index (χ4v) is 3.29.